The second-order valence-electron chi connectivity index (χ2n) is 6.46. The first-order chi connectivity index (χ1) is 9.46. The van der Waals surface area contributed by atoms with Gasteiger partial charge in [-0.15, -0.1) is 0 Å². The highest BCUT2D eigenvalue weighted by Gasteiger charge is 2.35. The number of nitrogens with two attached hydrogens (primary N) is 1. The smallest absolute Gasteiger partial charge is 0.252 e. The third-order valence-corrected chi connectivity index (χ3v) is 4.49. The Bertz CT molecular complexity index is 498. The van der Waals surface area contributed by atoms with Gasteiger partial charge in [0.1, 0.15) is 0 Å². The van der Waals surface area contributed by atoms with Gasteiger partial charge in [0.05, 0.1) is 5.54 Å². The highest BCUT2D eigenvalue weighted by atomic mass is 16.1. The van der Waals surface area contributed by atoms with Crippen LogP contribution in [0.5, 0.6) is 0 Å². The zero-order valence-electron chi connectivity index (χ0n) is 12.8. The summed E-state index contributed by atoms with van der Waals surface area (Å²) >= 11 is 0. The van der Waals surface area contributed by atoms with E-state index < -0.39 is 0 Å². The van der Waals surface area contributed by atoms with Crippen LogP contribution >= 0.6 is 0 Å². The maximum absolute atomic E-state index is 12.5. The van der Waals surface area contributed by atoms with Gasteiger partial charge in [-0.25, -0.2) is 0 Å². The van der Waals surface area contributed by atoms with Crippen LogP contribution in [0.25, 0.3) is 0 Å². The summed E-state index contributed by atoms with van der Waals surface area (Å²) < 4.78 is 0. The average Bonchev–Trinajstić information content (AvgIpc) is 2.38. The molecule has 2 atom stereocenters. The van der Waals surface area contributed by atoms with Crippen molar-refractivity contribution >= 4 is 5.91 Å². The predicted molar refractivity (Wildman–Crippen MR) is 82.8 cm³/mol. The quantitative estimate of drug-likeness (QED) is 0.890. The van der Waals surface area contributed by atoms with Crippen LogP contribution in [0.15, 0.2) is 18.2 Å². The number of benzene rings is 1. The monoisotopic (exact) mass is 274 g/mol. The molecule has 20 heavy (non-hydrogen) atoms. The molecule has 0 radical (unpaired) electrons. The largest absolute Gasteiger partial charge is 0.345 e. The zero-order valence-corrected chi connectivity index (χ0v) is 12.8. The molecule has 3 N–H and O–H groups in total. The summed E-state index contributed by atoms with van der Waals surface area (Å²) in [5, 5.41) is 3.23. The molecule has 2 rings (SSSR count). The lowest BCUT2D eigenvalue weighted by Gasteiger charge is -2.40. The molecule has 1 saturated carbocycles. The molecule has 1 aromatic rings. The van der Waals surface area contributed by atoms with Crippen molar-refractivity contribution in [3.8, 4) is 0 Å². The standard InChI is InChI=1S/C17H26N2O/c1-12-6-7-15(14(3)9-12)16(20)19-17(11-18)8-4-5-13(2)10-17/h6-7,9,13H,4-5,8,10-11,18H2,1-3H3,(H,19,20). The van der Waals surface area contributed by atoms with Crippen molar-refractivity contribution in [2.24, 2.45) is 11.7 Å². The van der Waals surface area contributed by atoms with Crippen LogP contribution in [0.3, 0.4) is 0 Å². The fourth-order valence-corrected chi connectivity index (χ4v) is 3.39. The number of carbonyl (C=O) groups is 1. The van der Waals surface area contributed by atoms with E-state index >= 15 is 0 Å². The Morgan fingerprint density at radius 2 is 2.20 bits per heavy atom. The van der Waals surface area contributed by atoms with E-state index in [-0.39, 0.29) is 11.4 Å². The zero-order chi connectivity index (χ0) is 14.8. The number of hydrogen-bond donors (Lipinski definition) is 2. The van der Waals surface area contributed by atoms with Crippen LogP contribution in [-0.4, -0.2) is 18.0 Å². The van der Waals surface area contributed by atoms with Gasteiger partial charge in [-0.3, -0.25) is 4.79 Å². The molecule has 3 nitrogen and oxygen atoms in total. The number of nitrogens with one attached hydrogen (secondary N) is 1. The van der Waals surface area contributed by atoms with E-state index in [0.29, 0.717) is 12.5 Å². The van der Waals surface area contributed by atoms with Gasteiger partial charge in [0.15, 0.2) is 0 Å². The lowest BCUT2D eigenvalue weighted by atomic mass is 9.76. The third kappa shape index (κ3) is 3.21. The Hall–Kier alpha value is -1.35. The first-order valence-corrected chi connectivity index (χ1v) is 7.55. The maximum Gasteiger partial charge on any atom is 0.252 e. The molecule has 2 unspecified atom stereocenters. The fraction of sp³-hybridized carbons (Fsp3) is 0.588. The fourth-order valence-electron chi connectivity index (χ4n) is 3.39. The highest BCUT2D eigenvalue weighted by molar-refractivity contribution is 5.96. The minimum atomic E-state index is -0.216. The van der Waals surface area contributed by atoms with Gasteiger partial charge in [0, 0.05) is 12.1 Å². The van der Waals surface area contributed by atoms with Gasteiger partial charge in [-0.1, -0.05) is 37.5 Å². The molecule has 110 valence electrons. The molecule has 1 aliphatic carbocycles. The van der Waals surface area contributed by atoms with Crippen LogP contribution in [0.1, 0.15) is 54.1 Å². The number of aryl methyl sites for hydroxylation is 2. The normalized spacial score (nSPS) is 26.3. The number of rotatable bonds is 3. The van der Waals surface area contributed by atoms with Crippen molar-refractivity contribution in [1.29, 1.82) is 0 Å². The molecule has 0 heterocycles. The molecule has 0 spiro atoms. The summed E-state index contributed by atoms with van der Waals surface area (Å²) in [5.74, 6) is 0.647. The van der Waals surface area contributed by atoms with E-state index in [4.69, 9.17) is 5.73 Å². The molecule has 1 aliphatic rings. The lowest BCUT2D eigenvalue weighted by molar-refractivity contribution is 0.0853. The van der Waals surface area contributed by atoms with E-state index in [1.54, 1.807) is 0 Å². The van der Waals surface area contributed by atoms with Gasteiger partial charge in [0.2, 0.25) is 0 Å². The topological polar surface area (TPSA) is 55.1 Å². The SMILES string of the molecule is Cc1ccc(C(=O)NC2(CN)CCCC(C)C2)c(C)c1. The predicted octanol–water partition coefficient (Wildman–Crippen LogP) is 2.94. The molecule has 0 bridgehead atoms. The summed E-state index contributed by atoms with van der Waals surface area (Å²) in [7, 11) is 0. The summed E-state index contributed by atoms with van der Waals surface area (Å²) in [6.45, 7) is 6.79. The van der Waals surface area contributed by atoms with Crippen LogP contribution in [0, 0.1) is 19.8 Å². The molecule has 0 aromatic heterocycles. The first-order valence-electron chi connectivity index (χ1n) is 7.55. The number of hydrogen-bond acceptors (Lipinski definition) is 2. The van der Waals surface area contributed by atoms with Crippen LogP contribution in [0.2, 0.25) is 0 Å². The van der Waals surface area contributed by atoms with E-state index in [0.717, 1.165) is 30.4 Å². The van der Waals surface area contributed by atoms with Gasteiger partial charge in [-0.2, -0.15) is 0 Å². The highest BCUT2D eigenvalue weighted by Crippen LogP contribution is 2.32. The minimum Gasteiger partial charge on any atom is -0.345 e. The summed E-state index contributed by atoms with van der Waals surface area (Å²) in [6.07, 6.45) is 4.36. The summed E-state index contributed by atoms with van der Waals surface area (Å²) in [5.41, 5.74) is 8.73. The Morgan fingerprint density at radius 3 is 2.80 bits per heavy atom. The first kappa shape index (κ1) is 15.0. The Labute approximate surface area is 121 Å². The second kappa shape index (κ2) is 5.96. The van der Waals surface area contributed by atoms with Crippen molar-refractivity contribution in [3.05, 3.63) is 34.9 Å². The molecule has 1 fully saturated rings. The minimum absolute atomic E-state index is 0.0158. The van der Waals surface area contributed by atoms with E-state index in [1.807, 2.05) is 32.0 Å². The summed E-state index contributed by atoms with van der Waals surface area (Å²) in [6, 6.07) is 5.95. The van der Waals surface area contributed by atoms with Gasteiger partial charge >= 0.3 is 0 Å². The number of amides is 1. The van der Waals surface area contributed by atoms with Crippen molar-refractivity contribution in [1.82, 2.24) is 5.32 Å². The molecule has 3 heteroatoms. The van der Waals surface area contributed by atoms with Crippen molar-refractivity contribution in [2.75, 3.05) is 6.54 Å². The van der Waals surface area contributed by atoms with Gasteiger partial charge in [-0.05, 0) is 44.2 Å². The molecular weight excluding hydrogens is 248 g/mol. The third-order valence-electron chi connectivity index (χ3n) is 4.49. The Kier molecular flexibility index (Phi) is 4.48. The molecular formula is C17H26N2O. The van der Waals surface area contributed by atoms with E-state index in [1.165, 1.54) is 12.0 Å². The number of carbonyl (C=O) groups excluding carboxylic acids is 1. The average molecular weight is 274 g/mol. The van der Waals surface area contributed by atoms with Crippen molar-refractivity contribution in [3.63, 3.8) is 0 Å². The van der Waals surface area contributed by atoms with Crippen molar-refractivity contribution < 1.29 is 4.79 Å². The Morgan fingerprint density at radius 1 is 1.45 bits per heavy atom. The maximum atomic E-state index is 12.5. The van der Waals surface area contributed by atoms with Crippen molar-refractivity contribution in [2.45, 2.75) is 52.0 Å². The summed E-state index contributed by atoms with van der Waals surface area (Å²) in [4.78, 5) is 12.5. The molecule has 0 aliphatic heterocycles. The van der Waals surface area contributed by atoms with Crippen LogP contribution in [-0.2, 0) is 0 Å². The van der Waals surface area contributed by atoms with Crippen LogP contribution < -0.4 is 11.1 Å². The van der Waals surface area contributed by atoms with E-state index in [2.05, 4.69) is 12.2 Å². The van der Waals surface area contributed by atoms with Crippen LogP contribution in [0.4, 0.5) is 0 Å². The second-order valence-corrected chi connectivity index (χ2v) is 6.46. The lowest BCUT2D eigenvalue weighted by Crippen LogP contribution is -2.56. The Balaban J connectivity index is 2.16. The molecule has 1 amide bonds. The van der Waals surface area contributed by atoms with Gasteiger partial charge < -0.3 is 11.1 Å². The van der Waals surface area contributed by atoms with Gasteiger partial charge in [0.25, 0.3) is 5.91 Å². The molecule has 0 saturated heterocycles. The molecule has 1 aromatic carbocycles. The van der Waals surface area contributed by atoms with E-state index in [9.17, 15) is 4.79 Å².